The van der Waals surface area contributed by atoms with Crippen molar-refractivity contribution in [1.82, 2.24) is 9.38 Å². The predicted octanol–water partition coefficient (Wildman–Crippen LogP) is 6.04. The van der Waals surface area contributed by atoms with Gasteiger partial charge in [-0.3, -0.25) is 9.20 Å². The summed E-state index contributed by atoms with van der Waals surface area (Å²) >= 11 is 3.29. The molecule has 0 saturated carbocycles. The molecule has 4 nitrogen and oxygen atoms in total. The van der Waals surface area contributed by atoms with E-state index in [1.165, 1.54) is 4.88 Å². The van der Waals surface area contributed by atoms with Crippen LogP contribution >= 0.6 is 22.7 Å². The van der Waals surface area contributed by atoms with Crippen LogP contribution in [0.25, 0.3) is 26.7 Å². The van der Waals surface area contributed by atoms with E-state index in [1.807, 2.05) is 58.4 Å². The minimum absolute atomic E-state index is 0.151. The number of amides is 1. The first-order valence-corrected chi connectivity index (χ1v) is 10.5. The average Bonchev–Trinajstić information content (AvgIpc) is 3.49. The van der Waals surface area contributed by atoms with Gasteiger partial charge in [0.2, 0.25) is 0 Å². The zero-order valence-corrected chi connectivity index (χ0v) is 16.3. The molecule has 0 aliphatic heterocycles. The maximum absolute atomic E-state index is 12.8. The molecule has 0 aliphatic rings. The van der Waals surface area contributed by atoms with Crippen LogP contribution in [-0.4, -0.2) is 15.3 Å². The Morgan fingerprint density at radius 2 is 1.61 bits per heavy atom. The molecule has 5 rings (SSSR count). The number of hydrogen-bond donors (Lipinski definition) is 1. The van der Waals surface area contributed by atoms with Crippen LogP contribution < -0.4 is 5.32 Å². The molecule has 0 aliphatic carbocycles. The number of rotatable bonds is 4. The van der Waals surface area contributed by atoms with Crippen molar-refractivity contribution >= 4 is 40.0 Å². The van der Waals surface area contributed by atoms with Crippen LogP contribution in [0, 0.1) is 0 Å². The van der Waals surface area contributed by atoms with Gasteiger partial charge < -0.3 is 5.32 Å². The fraction of sp³-hybridized carbons (Fsp3) is 0. The van der Waals surface area contributed by atoms with Crippen molar-refractivity contribution < 1.29 is 4.79 Å². The average molecular weight is 402 g/mol. The second-order valence-electron chi connectivity index (χ2n) is 6.23. The van der Waals surface area contributed by atoms with Crippen LogP contribution in [0.3, 0.4) is 0 Å². The van der Waals surface area contributed by atoms with E-state index in [9.17, 15) is 4.79 Å². The van der Waals surface area contributed by atoms with E-state index in [1.54, 1.807) is 34.8 Å². The Bertz CT molecular complexity index is 1240. The Morgan fingerprint density at radius 3 is 2.32 bits per heavy atom. The number of benzene rings is 1. The van der Waals surface area contributed by atoms with Gasteiger partial charge in [0.15, 0.2) is 0 Å². The summed E-state index contributed by atoms with van der Waals surface area (Å²) in [4.78, 5) is 19.8. The third-order valence-corrected chi connectivity index (χ3v) is 6.24. The number of thiophene rings is 2. The maximum Gasteiger partial charge on any atom is 0.256 e. The van der Waals surface area contributed by atoms with Crippen molar-refractivity contribution in [2.75, 3.05) is 5.32 Å². The minimum Gasteiger partial charge on any atom is -0.306 e. The van der Waals surface area contributed by atoms with Gasteiger partial charge in [0, 0.05) is 22.2 Å². The van der Waals surface area contributed by atoms with E-state index in [2.05, 4.69) is 22.8 Å². The van der Waals surface area contributed by atoms with Crippen molar-refractivity contribution in [1.29, 1.82) is 0 Å². The highest BCUT2D eigenvalue weighted by Crippen LogP contribution is 2.34. The molecule has 0 saturated heterocycles. The van der Waals surface area contributed by atoms with Gasteiger partial charge in [-0.2, -0.15) is 0 Å². The number of anilines is 1. The number of nitrogens with one attached hydrogen (secondary N) is 1. The number of fused-ring (bicyclic) bond motifs is 1. The quantitative estimate of drug-likeness (QED) is 0.399. The highest BCUT2D eigenvalue weighted by Gasteiger charge is 2.18. The van der Waals surface area contributed by atoms with E-state index in [0.29, 0.717) is 11.4 Å². The Kier molecular flexibility index (Phi) is 4.27. The predicted molar refractivity (Wildman–Crippen MR) is 116 cm³/mol. The third kappa shape index (κ3) is 3.02. The van der Waals surface area contributed by atoms with Crippen LogP contribution in [0.1, 0.15) is 10.4 Å². The van der Waals surface area contributed by atoms with Crippen molar-refractivity contribution in [2.45, 2.75) is 0 Å². The molecule has 6 heteroatoms. The molecule has 0 spiro atoms. The van der Waals surface area contributed by atoms with Crippen LogP contribution in [0.15, 0.2) is 83.7 Å². The first kappa shape index (κ1) is 16.9. The van der Waals surface area contributed by atoms with Gasteiger partial charge in [-0.05, 0) is 47.2 Å². The van der Waals surface area contributed by atoms with Gasteiger partial charge >= 0.3 is 0 Å². The lowest BCUT2D eigenvalue weighted by atomic mass is 10.2. The maximum atomic E-state index is 12.8. The lowest BCUT2D eigenvalue weighted by Crippen LogP contribution is -2.13. The molecule has 4 aromatic heterocycles. The summed E-state index contributed by atoms with van der Waals surface area (Å²) in [5.74, 6) is 0.534. The standard InChI is InChI=1S/C22H15N3OS2/c26-22(15-6-2-1-3-7-15)24-21-20(18-9-5-13-28-18)23-19-11-10-16(14-25(19)21)17-8-4-12-27-17/h1-14H,(H,24,26). The number of hydrogen-bond acceptors (Lipinski definition) is 4. The number of carbonyl (C=O) groups excluding carboxylic acids is 1. The first-order valence-electron chi connectivity index (χ1n) is 8.76. The van der Waals surface area contributed by atoms with E-state index in [-0.39, 0.29) is 5.91 Å². The topological polar surface area (TPSA) is 46.4 Å². The molecular formula is C22H15N3OS2. The summed E-state index contributed by atoms with van der Waals surface area (Å²) in [6, 6.07) is 21.4. The Hall–Kier alpha value is -3.22. The van der Waals surface area contributed by atoms with Gasteiger partial charge in [-0.25, -0.2) is 4.98 Å². The molecule has 1 aromatic carbocycles. The lowest BCUT2D eigenvalue weighted by Gasteiger charge is -2.08. The Balaban J connectivity index is 1.66. The minimum atomic E-state index is -0.151. The largest absolute Gasteiger partial charge is 0.306 e. The molecule has 0 unspecified atom stereocenters. The fourth-order valence-corrected chi connectivity index (χ4v) is 4.54. The SMILES string of the molecule is O=C(Nc1c(-c2cccs2)nc2ccc(-c3cccs3)cn12)c1ccccc1. The van der Waals surface area contributed by atoms with Crippen molar-refractivity contribution in [3.63, 3.8) is 0 Å². The highest BCUT2D eigenvalue weighted by atomic mass is 32.1. The molecule has 0 bridgehead atoms. The van der Waals surface area contributed by atoms with Gasteiger partial charge in [0.05, 0.1) is 4.88 Å². The lowest BCUT2D eigenvalue weighted by molar-refractivity contribution is 0.102. The normalized spacial score (nSPS) is 11.0. The van der Waals surface area contributed by atoms with E-state index in [0.717, 1.165) is 21.8 Å². The molecule has 1 amide bonds. The summed E-state index contributed by atoms with van der Waals surface area (Å²) in [5.41, 5.74) is 3.28. The number of carbonyl (C=O) groups is 1. The molecule has 1 N–H and O–H groups in total. The molecule has 0 radical (unpaired) electrons. The molecule has 5 aromatic rings. The van der Waals surface area contributed by atoms with Gasteiger partial charge in [-0.15, -0.1) is 22.7 Å². The highest BCUT2D eigenvalue weighted by molar-refractivity contribution is 7.13. The van der Waals surface area contributed by atoms with Gasteiger partial charge in [0.25, 0.3) is 5.91 Å². The zero-order valence-electron chi connectivity index (χ0n) is 14.7. The Morgan fingerprint density at radius 1 is 0.857 bits per heavy atom. The third-order valence-electron chi connectivity index (χ3n) is 4.45. The second-order valence-corrected chi connectivity index (χ2v) is 8.13. The number of pyridine rings is 1. The van der Waals surface area contributed by atoms with Crippen LogP contribution in [0.5, 0.6) is 0 Å². The molecule has 28 heavy (non-hydrogen) atoms. The smallest absolute Gasteiger partial charge is 0.256 e. The first-order chi connectivity index (χ1) is 13.8. The van der Waals surface area contributed by atoms with Crippen LogP contribution in [0.4, 0.5) is 5.82 Å². The van der Waals surface area contributed by atoms with E-state index < -0.39 is 0 Å². The molecule has 4 heterocycles. The summed E-state index contributed by atoms with van der Waals surface area (Å²) in [7, 11) is 0. The number of nitrogens with zero attached hydrogens (tertiary/aromatic N) is 2. The van der Waals surface area contributed by atoms with Crippen molar-refractivity contribution in [2.24, 2.45) is 0 Å². The number of aromatic nitrogens is 2. The van der Waals surface area contributed by atoms with Gasteiger partial charge in [-0.1, -0.05) is 30.3 Å². The fourth-order valence-electron chi connectivity index (χ4n) is 3.11. The summed E-state index contributed by atoms with van der Waals surface area (Å²) in [5, 5.41) is 7.15. The summed E-state index contributed by atoms with van der Waals surface area (Å²) in [6.45, 7) is 0. The van der Waals surface area contributed by atoms with Crippen LogP contribution in [0.2, 0.25) is 0 Å². The summed E-state index contributed by atoms with van der Waals surface area (Å²) in [6.07, 6.45) is 2.03. The summed E-state index contributed by atoms with van der Waals surface area (Å²) < 4.78 is 1.96. The zero-order chi connectivity index (χ0) is 18.9. The monoisotopic (exact) mass is 401 g/mol. The molecule has 0 atom stereocenters. The van der Waals surface area contributed by atoms with E-state index >= 15 is 0 Å². The molecule has 136 valence electrons. The van der Waals surface area contributed by atoms with Gasteiger partial charge in [0.1, 0.15) is 17.2 Å². The Labute approximate surface area is 169 Å². The van der Waals surface area contributed by atoms with E-state index in [4.69, 9.17) is 4.98 Å². The van der Waals surface area contributed by atoms with Crippen molar-refractivity contribution in [3.8, 4) is 21.0 Å². The molecule has 0 fully saturated rings. The molecular weight excluding hydrogens is 386 g/mol. The number of imidazole rings is 1. The second kappa shape index (κ2) is 7.07. The van der Waals surface area contributed by atoms with Crippen LogP contribution in [-0.2, 0) is 0 Å². The van der Waals surface area contributed by atoms with Crippen molar-refractivity contribution in [3.05, 3.63) is 89.3 Å².